The van der Waals surface area contributed by atoms with Gasteiger partial charge in [0, 0.05) is 19.7 Å². The minimum absolute atomic E-state index is 0.413. The molecule has 1 saturated heterocycles. The Morgan fingerprint density at radius 1 is 1.23 bits per heavy atom. The molecule has 2 aromatic rings. The molecule has 1 heterocycles. The van der Waals surface area contributed by atoms with Crippen LogP contribution in [-0.4, -0.2) is 32.9 Å². The van der Waals surface area contributed by atoms with Crippen LogP contribution in [0.4, 0.5) is 0 Å². The summed E-state index contributed by atoms with van der Waals surface area (Å²) in [4.78, 5) is 0. The maximum absolute atomic E-state index is 5.65. The lowest BCUT2D eigenvalue weighted by molar-refractivity contribution is 0.110. The third-order valence-corrected chi connectivity index (χ3v) is 4.49. The molecule has 1 N–H and O–H groups in total. The number of rotatable bonds is 6. The molecule has 3 rings (SSSR count). The topological polar surface area (TPSA) is 30.5 Å². The molecular formula is C19H25NO2. The van der Waals surface area contributed by atoms with E-state index < -0.39 is 0 Å². The van der Waals surface area contributed by atoms with Gasteiger partial charge in [-0.15, -0.1) is 0 Å². The van der Waals surface area contributed by atoms with Crippen molar-refractivity contribution in [2.24, 2.45) is 0 Å². The minimum Gasteiger partial charge on any atom is -0.497 e. The number of hydrogen-bond acceptors (Lipinski definition) is 3. The summed E-state index contributed by atoms with van der Waals surface area (Å²) < 4.78 is 10.9. The summed E-state index contributed by atoms with van der Waals surface area (Å²) in [5, 5.41) is 6.04. The SMILES string of the molecule is COc1ccc2cc(C(C)CNCC3CCCO3)ccc2c1. The second-order valence-electron chi connectivity index (χ2n) is 6.17. The summed E-state index contributed by atoms with van der Waals surface area (Å²) >= 11 is 0. The first-order chi connectivity index (χ1) is 10.8. The minimum atomic E-state index is 0.413. The van der Waals surface area contributed by atoms with Crippen LogP contribution in [0.25, 0.3) is 10.8 Å². The fourth-order valence-electron chi connectivity index (χ4n) is 3.06. The van der Waals surface area contributed by atoms with E-state index in [2.05, 4.69) is 42.6 Å². The molecule has 1 fully saturated rings. The molecule has 22 heavy (non-hydrogen) atoms. The number of nitrogens with one attached hydrogen (secondary N) is 1. The maximum Gasteiger partial charge on any atom is 0.119 e. The molecule has 0 saturated carbocycles. The van der Waals surface area contributed by atoms with E-state index in [9.17, 15) is 0 Å². The molecule has 2 unspecified atom stereocenters. The van der Waals surface area contributed by atoms with Crippen LogP contribution in [0, 0.1) is 0 Å². The van der Waals surface area contributed by atoms with E-state index in [-0.39, 0.29) is 0 Å². The molecule has 2 aromatic carbocycles. The lowest BCUT2D eigenvalue weighted by Crippen LogP contribution is -2.29. The molecule has 3 heteroatoms. The highest BCUT2D eigenvalue weighted by Crippen LogP contribution is 2.25. The third-order valence-electron chi connectivity index (χ3n) is 4.49. The number of methoxy groups -OCH3 is 1. The highest BCUT2D eigenvalue weighted by Gasteiger charge is 2.15. The smallest absolute Gasteiger partial charge is 0.119 e. The van der Waals surface area contributed by atoms with E-state index in [0.717, 1.165) is 25.4 Å². The molecule has 3 nitrogen and oxygen atoms in total. The van der Waals surface area contributed by atoms with Gasteiger partial charge in [0.25, 0.3) is 0 Å². The zero-order chi connectivity index (χ0) is 15.4. The fraction of sp³-hybridized carbons (Fsp3) is 0.474. The summed E-state index contributed by atoms with van der Waals surface area (Å²) in [6.07, 6.45) is 2.81. The molecular weight excluding hydrogens is 274 g/mol. The van der Waals surface area contributed by atoms with Crippen molar-refractivity contribution in [3.63, 3.8) is 0 Å². The molecule has 1 aliphatic heterocycles. The average molecular weight is 299 g/mol. The second kappa shape index (κ2) is 7.12. The van der Waals surface area contributed by atoms with Crippen molar-refractivity contribution in [1.29, 1.82) is 0 Å². The average Bonchev–Trinajstić information content (AvgIpc) is 3.07. The van der Waals surface area contributed by atoms with Crippen molar-refractivity contribution in [3.8, 4) is 5.75 Å². The van der Waals surface area contributed by atoms with Gasteiger partial charge in [0.05, 0.1) is 13.2 Å². The molecule has 0 amide bonds. The van der Waals surface area contributed by atoms with Crippen LogP contribution in [0.2, 0.25) is 0 Å². The first-order valence-electron chi connectivity index (χ1n) is 8.16. The van der Waals surface area contributed by atoms with E-state index in [1.54, 1.807) is 7.11 Å². The van der Waals surface area contributed by atoms with E-state index in [0.29, 0.717) is 12.0 Å². The van der Waals surface area contributed by atoms with Crippen LogP contribution in [-0.2, 0) is 4.74 Å². The Morgan fingerprint density at radius 2 is 2.05 bits per heavy atom. The Morgan fingerprint density at radius 3 is 2.82 bits per heavy atom. The summed E-state index contributed by atoms with van der Waals surface area (Å²) in [6.45, 7) is 5.15. The van der Waals surface area contributed by atoms with Gasteiger partial charge in [-0.1, -0.05) is 31.2 Å². The molecule has 118 valence electrons. The lowest BCUT2D eigenvalue weighted by atomic mass is 9.97. The molecule has 2 atom stereocenters. The number of hydrogen-bond donors (Lipinski definition) is 1. The van der Waals surface area contributed by atoms with Gasteiger partial charge in [-0.05, 0) is 47.2 Å². The van der Waals surface area contributed by atoms with Gasteiger partial charge >= 0.3 is 0 Å². The quantitative estimate of drug-likeness (QED) is 0.882. The van der Waals surface area contributed by atoms with E-state index >= 15 is 0 Å². The summed E-state index contributed by atoms with van der Waals surface area (Å²) in [7, 11) is 1.71. The summed E-state index contributed by atoms with van der Waals surface area (Å²) in [6, 6.07) is 12.9. The van der Waals surface area contributed by atoms with Gasteiger partial charge in [-0.2, -0.15) is 0 Å². The standard InChI is InChI=1S/C19H25NO2/c1-14(12-20-13-19-4-3-9-22-19)15-5-6-17-11-18(21-2)8-7-16(17)10-15/h5-8,10-11,14,19-20H,3-4,9,12-13H2,1-2H3. The maximum atomic E-state index is 5.65. The highest BCUT2D eigenvalue weighted by atomic mass is 16.5. The van der Waals surface area contributed by atoms with Crippen LogP contribution in [0.3, 0.4) is 0 Å². The highest BCUT2D eigenvalue weighted by molar-refractivity contribution is 5.84. The second-order valence-corrected chi connectivity index (χ2v) is 6.17. The van der Waals surface area contributed by atoms with Gasteiger partial charge in [0.1, 0.15) is 5.75 Å². The van der Waals surface area contributed by atoms with Crippen molar-refractivity contribution in [3.05, 3.63) is 42.0 Å². The van der Waals surface area contributed by atoms with E-state index in [1.165, 1.54) is 29.2 Å². The van der Waals surface area contributed by atoms with Crippen LogP contribution in [0.5, 0.6) is 5.75 Å². The Kier molecular flexibility index (Phi) is 4.96. The van der Waals surface area contributed by atoms with Crippen molar-refractivity contribution in [1.82, 2.24) is 5.32 Å². The van der Waals surface area contributed by atoms with Gasteiger partial charge in [0.15, 0.2) is 0 Å². The number of ether oxygens (including phenoxy) is 2. The van der Waals surface area contributed by atoms with Crippen molar-refractivity contribution < 1.29 is 9.47 Å². The first kappa shape index (κ1) is 15.3. The molecule has 0 spiro atoms. The lowest BCUT2D eigenvalue weighted by Gasteiger charge is -2.16. The largest absolute Gasteiger partial charge is 0.497 e. The van der Waals surface area contributed by atoms with Gasteiger partial charge < -0.3 is 14.8 Å². The van der Waals surface area contributed by atoms with E-state index in [4.69, 9.17) is 9.47 Å². The predicted molar refractivity (Wildman–Crippen MR) is 90.8 cm³/mol. The van der Waals surface area contributed by atoms with Crippen molar-refractivity contribution in [2.75, 3.05) is 26.8 Å². The Balaban J connectivity index is 1.61. The first-order valence-corrected chi connectivity index (χ1v) is 8.16. The van der Waals surface area contributed by atoms with E-state index in [1.807, 2.05) is 6.07 Å². The molecule has 0 radical (unpaired) electrons. The van der Waals surface area contributed by atoms with Crippen molar-refractivity contribution in [2.45, 2.75) is 31.8 Å². The zero-order valence-electron chi connectivity index (χ0n) is 13.5. The molecule has 0 bridgehead atoms. The zero-order valence-corrected chi connectivity index (χ0v) is 13.5. The van der Waals surface area contributed by atoms with Gasteiger partial charge in [-0.25, -0.2) is 0 Å². The summed E-state index contributed by atoms with van der Waals surface area (Å²) in [5.41, 5.74) is 1.37. The normalized spacial score (nSPS) is 19.5. The monoisotopic (exact) mass is 299 g/mol. The Hall–Kier alpha value is -1.58. The van der Waals surface area contributed by atoms with Crippen molar-refractivity contribution >= 4 is 10.8 Å². The molecule has 0 aliphatic carbocycles. The Bertz CT molecular complexity index is 620. The van der Waals surface area contributed by atoms with Crippen LogP contribution >= 0.6 is 0 Å². The molecule has 1 aliphatic rings. The van der Waals surface area contributed by atoms with Crippen LogP contribution in [0.15, 0.2) is 36.4 Å². The number of fused-ring (bicyclic) bond motifs is 1. The predicted octanol–water partition coefficient (Wildman–Crippen LogP) is 3.72. The van der Waals surface area contributed by atoms with Crippen LogP contribution < -0.4 is 10.1 Å². The molecule has 0 aromatic heterocycles. The van der Waals surface area contributed by atoms with Crippen LogP contribution in [0.1, 0.15) is 31.2 Å². The fourth-order valence-corrected chi connectivity index (χ4v) is 3.06. The van der Waals surface area contributed by atoms with Gasteiger partial charge in [-0.3, -0.25) is 0 Å². The Labute approximate surface area is 132 Å². The number of benzene rings is 2. The van der Waals surface area contributed by atoms with Gasteiger partial charge in [0.2, 0.25) is 0 Å². The third kappa shape index (κ3) is 3.60. The summed E-state index contributed by atoms with van der Waals surface area (Å²) in [5.74, 6) is 1.40.